The SMILES string of the molecule is CCOC(=O)c1ccc(NC(=O)c2cccc(NC3=C(Cl)C(=O)N(c4cccc(C(=O)OC(C)C)c4)C3=O)c2)cc1. The zero-order valence-electron chi connectivity index (χ0n) is 22.4. The van der Waals surface area contributed by atoms with Gasteiger partial charge in [0.2, 0.25) is 0 Å². The number of hydrogen-bond acceptors (Lipinski definition) is 8. The van der Waals surface area contributed by atoms with E-state index < -0.39 is 29.7 Å². The standard InChI is InChI=1S/C30H26ClN3O7/c1-4-40-29(38)18-11-13-21(14-12-18)33-26(35)19-7-5-9-22(15-19)32-25-24(31)27(36)34(28(25)37)23-10-6-8-20(16-23)30(39)41-17(2)3/h5-17,32H,4H2,1-3H3,(H,33,35). The third-order valence-corrected chi connectivity index (χ3v) is 6.11. The first-order valence-corrected chi connectivity index (χ1v) is 13.0. The van der Waals surface area contributed by atoms with Crippen molar-refractivity contribution in [2.45, 2.75) is 26.9 Å². The molecule has 1 aliphatic heterocycles. The Hall–Kier alpha value is -4.96. The van der Waals surface area contributed by atoms with Crippen LogP contribution in [-0.2, 0) is 19.1 Å². The molecule has 3 amide bonds. The van der Waals surface area contributed by atoms with E-state index in [1.807, 2.05) is 0 Å². The number of halogens is 1. The molecule has 0 fully saturated rings. The van der Waals surface area contributed by atoms with Crippen molar-refractivity contribution in [2.75, 3.05) is 22.1 Å². The maximum Gasteiger partial charge on any atom is 0.338 e. The minimum Gasteiger partial charge on any atom is -0.462 e. The van der Waals surface area contributed by atoms with E-state index in [2.05, 4.69) is 10.6 Å². The Morgan fingerprint density at radius 1 is 0.829 bits per heavy atom. The number of ether oxygens (including phenoxy) is 2. The average molecular weight is 576 g/mol. The molecule has 0 aliphatic carbocycles. The zero-order valence-corrected chi connectivity index (χ0v) is 23.2. The Kier molecular flexibility index (Phi) is 8.84. The van der Waals surface area contributed by atoms with Gasteiger partial charge in [0.25, 0.3) is 17.7 Å². The van der Waals surface area contributed by atoms with E-state index in [9.17, 15) is 24.0 Å². The maximum atomic E-state index is 13.2. The lowest BCUT2D eigenvalue weighted by Gasteiger charge is -2.16. The van der Waals surface area contributed by atoms with Gasteiger partial charge in [-0.3, -0.25) is 14.4 Å². The lowest BCUT2D eigenvalue weighted by Crippen LogP contribution is -2.32. The number of amides is 3. The number of carbonyl (C=O) groups excluding carboxylic acids is 5. The van der Waals surface area contributed by atoms with Crippen molar-refractivity contribution in [1.82, 2.24) is 0 Å². The predicted octanol–water partition coefficient (Wildman–Crippen LogP) is 5.12. The summed E-state index contributed by atoms with van der Waals surface area (Å²) in [5.41, 5.74) is 1.54. The zero-order chi connectivity index (χ0) is 29.7. The molecule has 41 heavy (non-hydrogen) atoms. The van der Waals surface area contributed by atoms with Crippen LogP contribution in [0.5, 0.6) is 0 Å². The van der Waals surface area contributed by atoms with Gasteiger partial charge in [0.05, 0.1) is 29.5 Å². The van der Waals surface area contributed by atoms with Crippen LogP contribution in [0.25, 0.3) is 0 Å². The number of nitrogens with one attached hydrogen (secondary N) is 2. The Morgan fingerprint density at radius 2 is 1.51 bits per heavy atom. The first-order chi connectivity index (χ1) is 19.6. The second-order valence-electron chi connectivity index (χ2n) is 9.10. The molecule has 210 valence electrons. The summed E-state index contributed by atoms with van der Waals surface area (Å²) >= 11 is 6.25. The maximum absolute atomic E-state index is 13.2. The van der Waals surface area contributed by atoms with Crippen LogP contribution < -0.4 is 15.5 Å². The smallest absolute Gasteiger partial charge is 0.338 e. The fraction of sp³-hybridized carbons (Fsp3) is 0.167. The van der Waals surface area contributed by atoms with Crippen molar-refractivity contribution in [3.8, 4) is 0 Å². The molecule has 0 aromatic heterocycles. The second kappa shape index (κ2) is 12.5. The van der Waals surface area contributed by atoms with Crippen molar-refractivity contribution in [3.63, 3.8) is 0 Å². The number of anilines is 3. The Bertz CT molecular complexity index is 1560. The number of benzene rings is 3. The van der Waals surface area contributed by atoms with Crippen LogP contribution in [0.4, 0.5) is 17.1 Å². The summed E-state index contributed by atoms with van der Waals surface area (Å²) in [4.78, 5) is 64.0. The highest BCUT2D eigenvalue weighted by molar-refractivity contribution is 6.53. The van der Waals surface area contributed by atoms with E-state index in [-0.39, 0.29) is 40.3 Å². The van der Waals surface area contributed by atoms with Gasteiger partial charge < -0.3 is 20.1 Å². The first-order valence-electron chi connectivity index (χ1n) is 12.6. The molecule has 0 bridgehead atoms. The number of carbonyl (C=O) groups is 5. The number of esters is 2. The van der Waals surface area contributed by atoms with Gasteiger partial charge in [0.15, 0.2) is 0 Å². The van der Waals surface area contributed by atoms with Gasteiger partial charge in [-0.1, -0.05) is 23.7 Å². The van der Waals surface area contributed by atoms with E-state index in [0.717, 1.165) is 4.90 Å². The number of hydrogen-bond donors (Lipinski definition) is 2. The predicted molar refractivity (Wildman–Crippen MR) is 153 cm³/mol. The van der Waals surface area contributed by atoms with Gasteiger partial charge in [-0.25, -0.2) is 14.5 Å². The molecule has 2 N–H and O–H groups in total. The molecule has 3 aromatic rings. The van der Waals surface area contributed by atoms with Gasteiger partial charge in [-0.15, -0.1) is 0 Å². The molecule has 0 atom stereocenters. The van der Waals surface area contributed by atoms with E-state index in [0.29, 0.717) is 16.9 Å². The Morgan fingerprint density at radius 3 is 2.20 bits per heavy atom. The summed E-state index contributed by atoms with van der Waals surface area (Å²) in [6.07, 6.45) is -0.345. The third kappa shape index (κ3) is 6.62. The molecular formula is C30H26ClN3O7. The quantitative estimate of drug-likeness (QED) is 0.266. The summed E-state index contributed by atoms with van der Waals surface area (Å²) in [6.45, 7) is 5.38. The van der Waals surface area contributed by atoms with Crippen molar-refractivity contribution < 1.29 is 33.4 Å². The second-order valence-corrected chi connectivity index (χ2v) is 9.47. The molecule has 0 saturated carbocycles. The fourth-order valence-electron chi connectivity index (χ4n) is 3.89. The molecule has 0 radical (unpaired) electrons. The summed E-state index contributed by atoms with van der Waals surface area (Å²) in [7, 11) is 0. The minimum atomic E-state index is -0.770. The summed E-state index contributed by atoms with van der Waals surface area (Å²) in [5, 5.41) is 5.22. The normalized spacial score (nSPS) is 13.0. The summed E-state index contributed by atoms with van der Waals surface area (Å²) < 4.78 is 10.1. The summed E-state index contributed by atoms with van der Waals surface area (Å²) in [6, 6.07) is 18.4. The van der Waals surface area contributed by atoms with Gasteiger partial charge in [0.1, 0.15) is 10.7 Å². The van der Waals surface area contributed by atoms with Crippen LogP contribution in [-0.4, -0.2) is 42.4 Å². The van der Waals surface area contributed by atoms with Gasteiger partial charge in [-0.05, 0) is 81.4 Å². The number of imide groups is 1. The van der Waals surface area contributed by atoms with Crippen LogP contribution in [0, 0.1) is 0 Å². The number of nitrogens with zero attached hydrogens (tertiary/aromatic N) is 1. The molecule has 4 rings (SSSR count). The topological polar surface area (TPSA) is 131 Å². The van der Waals surface area contributed by atoms with Crippen molar-refractivity contribution in [2.24, 2.45) is 0 Å². The molecule has 10 nitrogen and oxygen atoms in total. The van der Waals surface area contributed by atoms with Crippen molar-refractivity contribution in [3.05, 3.63) is 100 Å². The van der Waals surface area contributed by atoms with Crippen LogP contribution >= 0.6 is 11.6 Å². The largest absolute Gasteiger partial charge is 0.462 e. The van der Waals surface area contributed by atoms with Gasteiger partial charge in [0, 0.05) is 16.9 Å². The molecule has 0 unspecified atom stereocenters. The van der Waals surface area contributed by atoms with E-state index in [1.165, 1.54) is 42.5 Å². The first kappa shape index (κ1) is 29.0. The van der Waals surface area contributed by atoms with E-state index in [1.54, 1.807) is 51.1 Å². The lowest BCUT2D eigenvalue weighted by atomic mass is 10.1. The highest BCUT2D eigenvalue weighted by atomic mass is 35.5. The third-order valence-electron chi connectivity index (χ3n) is 5.76. The monoisotopic (exact) mass is 575 g/mol. The van der Waals surface area contributed by atoms with Crippen LogP contribution in [0.3, 0.4) is 0 Å². The molecule has 3 aromatic carbocycles. The van der Waals surface area contributed by atoms with Crippen LogP contribution in [0.2, 0.25) is 0 Å². The van der Waals surface area contributed by atoms with Crippen LogP contribution in [0.15, 0.2) is 83.5 Å². The molecule has 0 spiro atoms. The molecule has 1 aliphatic rings. The highest BCUT2D eigenvalue weighted by Gasteiger charge is 2.39. The average Bonchev–Trinajstić information content (AvgIpc) is 3.16. The highest BCUT2D eigenvalue weighted by Crippen LogP contribution is 2.31. The Labute approximate surface area is 240 Å². The minimum absolute atomic E-state index is 0.148. The molecule has 0 saturated heterocycles. The van der Waals surface area contributed by atoms with E-state index >= 15 is 0 Å². The number of rotatable bonds is 9. The van der Waals surface area contributed by atoms with Gasteiger partial charge in [-0.2, -0.15) is 0 Å². The summed E-state index contributed by atoms with van der Waals surface area (Å²) in [5.74, 6) is -3.00. The van der Waals surface area contributed by atoms with E-state index in [4.69, 9.17) is 21.1 Å². The van der Waals surface area contributed by atoms with Crippen molar-refractivity contribution >= 4 is 58.3 Å². The van der Waals surface area contributed by atoms with Crippen LogP contribution in [0.1, 0.15) is 51.8 Å². The molecule has 11 heteroatoms. The Balaban J connectivity index is 1.48. The fourth-order valence-corrected chi connectivity index (χ4v) is 4.10. The van der Waals surface area contributed by atoms with Crippen molar-refractivity contribution in [1.29, 1.82) is 0 Å². The molecule has 1 heterocycles. The van der Waals surface area contributed by atoms with Gasteiger partial charge >= 0.3 is 11.9 Å². The lowest BCUT2D eigenvalue weighted by molar-refractivity contribution is -0.120. The molecular weight excluding hydrogens is 550 g/mol.